The molecule has 0 bridgehead atoms. The van der Waals surface area contributed by atoms with Gasteiger partial charge in [-0.05, 0) is 5.41 Å². The Hall–Kier alpha value is -0.790. The van der Waals surface area contributed by atoms with Crippen molar-refractivity contribution in [1.82, 2.24) is 4.98 Å². The lowest BCUT2D eigenvalue weighted by atomic mass is 9.70. The third kappa shape index (κ3) is 0.889. The van der Waals surface area contributed by atoms with Gasteiger partial charge >= 0.3 is 0 Å². The van der Waals surface area contributed by atoms with Crippen molar-refractivity contribution in [2.24, 2.45) is 5.41 Å². The second-order valence-electron chi connectivity index (χ2n) is 4.28. The number of fused-ring (bicyclic) bond motifs is 1. The average molecular weight is 151 g/mol. The number of oxazole rings is 1. The maximum Gasteiger partial charge on any atom is 0.181 e. The lowest BCUT2D eigenvalue weighted by Gasteiger charge is -2.34. The van der Waals surface area contributed by atoms with Crippen LogP contribution in [0, 0.1) is 5.41 Å². The largest absolute Gasteiger partial charge is 0.448 e. The van der Waals surface area contributed by atoms with Gasteiger partial charge in [0.15, 0.2) is 6.39 Å². The zero-order valence-electron chi connectivity index (χ0n) is 7.22. The molecule has 1 aromatic rings. The molecular weight excluding hydrogens is 138 g/mol. The third-order valence-electron chi connectivity index (χ3n) is 2.44. The normalized spacial score (nSPS) is 22.6. The van der Waals surface area contributed by atoms with Crippen molar-refractivity contribution >= 4 is 0 Å². The van der Waals surface area contributed by atoms with Gasteiger partial charge in [-0.1, -0.05) is 20.8 Å². The summed E-state index contributed by atoms with van der Waals surface area (Å²) in [6, 6.07) is 0. The Kier molecular flexibility index (Phi) is 1.17. The van der Waals surface area contributed by atoms with Crippen LogP contribution in [0.25, 0.3) is 0 Å². The molecule has 11 heavy (non-hydrogen) atoms. The van der Waals surface area contributed by atoms with E-state index in [1.165, 1.54) is 5.69 Å². The first kappa shape index (κ1) is 6.89. The van der Waals surface area contributed by atoms with Crippen LogP contribution in [0.1, 0.15) is 38.1 Å². The Balaban J connectivity index is 2.28. The summed E-state index contributed by atoms with van der Waals surface area (Å²) >= 11 is 0. The first-order valence-electron chi connectivity index (χ1n) is 4.01. The fourth-order valence-corrected chi connectivity index (χ4v) is 1.58. The summed E-state index contributed by atoms with van der Waals surface area (Å²) in [6.07, 6.45) is 2.62. The van der Waals surface area contributed by atoms with Gasteiger partial charge in [-0.15, -0.1) is 0 Å². The van der Waals surface area contributed by atoms with Crippen LogP contribution in [0.5, 0.6) is 0 Å². The molecule has 1 aliphatic rings. The van der Waals surface area contributed by atoms with Crippen molar-refractivity contribution in [3.8, 4) is 0 Å². The molecule has 2 nitrogen and oxygen atoms in total. The molecule has 0 fully saturated rings. The van der Waals surface area contributed by atoms with Gasteiger partial charge in [-0.25, -0.2) is 4.98 Å². The Morgan fingerprint density at radius 2 is 2.27 bits per heavy atom. The average Bonchev–Trinajstić information content (AvgIpc) is 2.08. The highest BCUT2D eigenvalue weighted by molar-refractivity contribution is 5.27. The van der Waals surface area contributed by atoms with Crippen molar-refractivity contribution in [2.75, 3.05) is 0 Å². The molecule has 0 aliphatic heterocycles. The van der Waals surface area contributed by atoms with Gasteiger partial charge in [0.1, 0.15) is 5.76 Å². The Morgan fingerprint density at radius 3 is 2.82 bits per heavy atom. The third-order valence-corrected chi connectivity index (χ3v) is 2.44. The van der Waals surface area contributed by atoms with Crippen LogP contribution in [-0.2, 0) is 6.42 Å². The Bertz CT molecular complexity index is 269. The molecule has 1 atom stereocenters. The topological polar surface area (TPSA) is 26.0 Å². The monoisotopic (exact) mass is 151 g/mol. The van der Waals surface area contributed by atoms with E-state index < -0.39 is 0 Å². The van der Waals surface area contributed by atoms with E-state index in [0.717, 1.165) is 12.2 Å². The first-order chi connectivity index (χ1) is 5.09. The molecule has 0 radical (unpaired) electrons. The minimum atomic E-state index is 0.337. The fraction of sp³-hybridized carbons (Fsp3) is 0.667. The fourth-order valence-electron chi connectivity index (χ4n) is 1.58. The molecule has 0 saturated heterocycles. The SMILES string of the molecule is CC(C)(C)C1Cc2ocnc21. The van der Waals surface area contributed by atoms with Crippen LogP contribution < -0.4 is 0 Å². The molecule has 60 valence electrons. The van der Waals surface area contributed by atoms with Crippen molar-refractivity contribution < 1.29 is 4.42 Å². The minimum Gasteiger partial charge on any atom is -0.448 e. The smallest absolute Gasteiger partial charge is 0.181 e. The van der Waals surface area contributed by atoms with Crippen LogP contribution in [0.2, 0.25) is 0 Å². The summed E-state index contributed by atoms with van der Waals surface area (Å²) in [5, 5.41) is 0. The van der Waals surface area contributed by atoms with Crippen molar-refractivity contribution in [2.45, 2.75) is 33.1 Å². The van der Waals surface area contributed by atoms with Crippen molar-refractivity contribution in [1.29, 1.82) is 0 Å². The second-order valence-corrected chi connectivity index (χ2v) is 4.28. The number of aromatic nitrogens is 1. The highest BCUT2D eigenvalue weighted by Gasteiger charge is 2.39. The molecular formula is C9H13NO. The predicted octanol–water partition coefficient (Wildman–Crippen LogP) is 2.36. The van der Waals surface area contributed by atoms with Crippen molar-refractivity contribution in [3.63, 3.8) is 0 Å². The number of rotatable bonds is 0. The van der Waals surface area contributed by atoms with Gasteiger partial charge in [0.05, 0.1) is 5.69 Å². The van der Waals surface area contributed by atoms with E-state index >= 15 is 0 Å². The van der Waals surface area contributed by atoms with E-state index in [1.807, 2.05) is 0 Å². The van der Waals surface area contributed by atoms with Crippen LogP contribution >= 0.6 is 0 Å². The molecule has 1 unspecified atom stereocenters. The van der Waals surface area contributed by atoms with Crippen molar-refractivity contribution in [3.05, 3.63) is 17.8 Å². The molecule has 0 amide bonds. The maximum absolute atomic E-state index is 5.17. The second kappa shape index (κ2) is 1.87. The van der Waals surface area contributed by atoms with Gasteiger partial charge in [0.2, 0.25) is 0 Å². The Labute approximate surface area is 66.6 Å². The molecule has 1 heterocycles. The van der Waals surface area contributed by atoms with Crippen LogP contribution in [0.4, 0.5) is 0 Å². The molecule has 0 N–H and O–H groups in total. The van der Waals surface area contributed by atoms with Gasteiger partial charge in [-0.3, -0.25) is 0 Å². The summed E-state index contributed by atoms with van der Waals surface area (Å²) in [5.41, 5.74) is 1.52. The highest BCUT2D eigenvalue weighted by atomic mass is 16.3. The molecule has 0 saturated carbocycles. The summed E-state index contributed by atoms with van der Waals surface area (Å²) in [6.45, 7) is 6.74. The van der Waals surface area contributed by atoms with Crippen LogP contribution in [0.15, 0.2) is 10.8 Å². The number of hydrogen-bond acceptors (Lipinski definition) is 2. The minimum absolute atomic E-state index is 0.337. The molecule has 1 aliphatic carbocycles. The number of hydrogen-bond donors (Lipinski definition) is 0. The van der Waals surface area contributed by atoms with Gasteiger partial charge < -0.3 is 4.42 Å². The van der Waals surface area contributed by atoms with Gasteiger partial charge in [-0.2, -0.15) is 0 Å². The molecule has 0 aromatic carbocycles. The van der Waals surface area contributed by atoms with Crippen LogP contribution in [-0.4, -0.2) is 4.98 Å². The van der Waals surface area contributed by atoms with E-state index in [2.05, 4.69) is 25.8 Å². The lowest BCUT2D eigenvalue weighted by Crippen LogP contribution is -2.28. The Morgan fingerprint density at radius 1 is 1.55 bits per heavy atom. The first-order valence-corrected chi connectivity index (χ1v) is 4.01. The highest BCUT2D eigenvalue weighted by Crippen LogP contribution is 2.45. The van der Waals surface area contributed by atoms with E-state index in [9.17, 15) is 0 Å². The van der Waals surface area contributed by atoms with E-state index in [1.54, 1.807) is 6.39 Å². The molecule has 0 spiro atoms. The van der Waals surface area contributed by atoms with E-state index in [0.29, 0.717) is 11.3 Å². The van der Waals surface area contributed by atoms with Crippen LogP contribution in [0.3, 0.4) is 0 Å². The summed E-state index contributed by atoms with van der Waals surface area (Å²) in [7, 11) is 0. The van der Waals surface area contributed by atoms with E-state index in [4.69, 9.17) is 4.42 Å². The summed E-state index contributed by atoms with van der Waals surface area (Å²) in [4.78, 5) is 4.18. The zero-order valence-corrected chi connectivity index (χ0v) is 7.22. The lowest BCUT2D eigenvalue weighted by molar-refractivity contribution is 0.263. The van der Waals surface area contributed by atoms with Gasteiger partial charge in [0.25, 0.3) is 0 Å². The summed E-state index contributed by atoms with van der Waals surface area (Å²) < 4.78 is 5.17. The van der Waals surface area contributed by atoms with Gasteiger partial charge in [0, 0.05) is 12.3 Å². The predicted molar refractivity (Wildman–Crippen MR) is 42.4 cm³/mol. The number of nitrogens with zero attached hydrogens (tertiary/aromatic N) is 1. The van der Waals surface area contributed by atoms with E-state index in [-0.39, 0.29) is 0 Å². The molecule has 1 aromatic heterocycles. The zero-order chi connectivity index (χ0) is 8.06. The quantitative estimate of drug-likeness (QED) is 0.569. The maximum atomic E-state index is 5.17. The molecule has 2 rings (SSSR count). The summed E-state index contributed by atoms with van der Waals surface area (Å²) in [5.74, 6) is 1.70. The molecule has 2 heteroatoms. The standard InChI is InChI=1S/C9H13NO/c1-9(2,3)6-4-7-8(6)10-5-11-7/h5-6H,4H2,1-3H3.